The summed E-state index contributed by atoms with van der Waals surface area (Å²) in [5.41, 5.74) is 5.43. The van der Waals surface area contributed by atoms with Crippen molar-refractivity contribution in [1.29, 1.82) is 0 Å². The van der Waals surface area contributed by atoms with E-state index in [9.17, 15) is 4.79 Å². The lowest BCUT2D eigenvalue weighted by Gasteiger charge is -2.06. The van der Waals surface area contributed by atoms with Crippen molar-refractivity contribution in [3.8, 4) is 0 Å². The van der Waals surface area contributed by atoms with Crippen LogP contribution in [-0.4, -0.2) is 22.6 Å². The highest BCUT2D eigenvalue weighted by Crippen LogP contribution is 2.38. The van der Waals surface area contributed by atoms with E-state index < -0.39 is 0 Å². The molecule has 2 N–H and O–H groups in total. The molecule has 110 valence electrons. The highest BCUT2D eigenvalue weighted by molar-refractivity contribution is 5.92. The van der Waals surface area contributed by atoms with Crippen LogP contribution in [-0.2, 0) is 6.42 Å². The van der Waals surface area contributed by atoms with E-state index in [2.05, 4.69) is 47.6 Å². The van der Waals surface area contributed by atoms with Gasteiger partial charge in [-0.1, -0.05) is 18.2 Å². The molecule has 0 saturated heterocycles. The van der Waals surface area contributed by atoms with Gasteiger partial charge >= 0.3 is 0 Å². The van der Waals surface area contributed by atoms with Crippen molar-refractivity contribution in [2.24, 2.45) is 0 Å². The fourth-order valence-electron chi connectivity index (χ4n) is 2.43. The van der Waals surface area contributed by atoms with Crippen LogP contribution in [0.3, 0.4) is 0 Å². The summed E-state index contributed by atoms with van der Waals surface area (Å²) in [6.45, 7) is 4.85. The molecule has 1 amide bonds. The Morgan fingerprint density at radius 2 is 2.10 bits per heavy atom. The van der Waals surface area contributed by atoms with Crippen molar-refractivity contribution in [1.82, 2.24) is 15.5 Å². The smallest absolute Gasteiger partial charge is 0.271 e. The number of nitrogens with one attached hydrogen (secondary N) is 2. The SMILES string of the molecule is Cc1ccc(CCNC(=O)c2cc(C3CC3)[nH]n2)cc1C. The number of nitrogens with zero attached hydrogens (tertiary/aromatic N) is 1. The Balaban J connectivity index is 1.51. The minimum atomic E-state index is -0.0954. The third-order valence-corrected chi connectivity index (χ3v) is 4.12. The number of aromatic amines is 1. The number of amides is 1. The Hall–Kier alpha value is -2.10. The quantitative estimate of drug-likeness (QED) is 0.886. The van der Waals surface area contributed by atoms with Crippen molar-refractivity contribution in [3.05, 3.63) is 52.3 Å². The van der Waals surface area contributed by atoms with Crippen LogP contribution < -0.4 is 5.32 Å². The van der Waals surface area contributed by atoms with Crippen molar-refractivity contribution in [3.63, 3.8) is 0 Å². The molecule has 3 rings (SSSR count). The summed E-state index contributed by atoms with van der Waals surface area (Å²) in [6, 6.07) is 8.31. The van der Waals surface area contributed by atoms with Crippen LogP contribution in [0.2, 0.25) is 0 Å². The summed E-state index contributed by atoms with van der Waals surface area (Å²) in [5.74, 6) is 0.497. The highest BCUT2D eigenvalue weighted by atomic mass is 16.1. The van der Waals surface area contributed by atoms with Crippen molar-refractivity contribution < 1.29 is 4.79 Å². The molecule has 1 aromatic carbocycles. The van der Waals surface area contributed by atoms with Gasteiger partial charge in [0.2, 0.25) is 0 Å². The average molecular weight is 283 g/mol. The zero-order valence-electron chi connectivity index (χ0n) is 12.6. The monoisotopic (exact) mass is 283 g/mol. The molecule has 1 aliphatic carbocycles. The second kappa shape index (κ2) is 5.72. The lowest BCUT2D eigenvalue weighted by atomic mass is 10.0. The maximum Gasteiger partial charge on any atom is 0.271 e. The first-order valence-electron chi connectivity index (χ1n) is 7.53. The summed E-state index contributed by atoms with van der Waals surface area (Å²) < 4.78 is 0. The number of benzene rings is 1. The molecule has 0 atom stereocenters. The van der Waals surface area contributed by atoms with Gasteiger partial charge in [-0.25, -0.2) is 0 Å². The number of aryl methyl sites for hydroxylation is 2. The summed E-state index contributed by atoms with van der Waals surface area (Å²) >= 11 is 0. The van der Waals surface area contributed by atoms with Crippen LogP contribution in [0.4, 0.5) is 0 Å². The molecule has 1 aliphatic rings. The molecule has 1 saturated carbocycles. The Labute approximate surface area is 125 Å². The maximum absolute atomic E-state index is 12.0. The second-order valence-electron chi connectivity index (χ2n) is 5.91. The molecule has 4 heteroatoms. The molecule has 21 heavy (non-hydrogen) atoms. The zero-order valence-corrected chi connectivity index (χ0v) is 12.6. The number of rotatable bonds is 5. The van der Waals surface area contributed by atoms with Gasteiger partial charge in [-0.05, 0) is 55.9 Å². The summed E-state index contributed by atoms with van der Waals surface area (Å²) in [5, 5.41) is 9.98. The lowest BCUT2D eigenvalue weighted by Crippen LogP contribution is -2.26. The Kier molecular flexibility index (Phi) is 3.78. The summed E-state index contributed by atoms with van der Waals surface area (Å²) in [4.78, 5) is 12.0. The normalized spacial score (nSPS) is 14.2. The topological polar surface area (TPSA) is 57.8 Å². The minimum Gasteiger partial charge on any atom is -0.350 e. The summed E-state index contributed by atoms with van der Waals surface area (Å²) in [7, 11) is 0. The molecule has 1 fully saturated rings. The number of carbonyl (C=O) groups excluding carboxylic acids is 1. The molecule has 0 aliphatic heterocycles. The van der Waals surface area contributed by atoms with Crippen LogP contribution in [0, 0.1) is 13.8 Å². The number of hydrogen-bond acceptors (Lipinski definition) is 2. The fourth-order valence-corrected chi connectivity index (χ4v) is 2.43. The predicted molar refractivity (Wildman–Crippen MR) is 82.5 cm³/mol. The first-order valence-corrected chi connectivity index (χ1v) is 7.53. The van der Waals surface area contributed by atoms with Crippen LogP contribution in [0.1, 0.15) is 51.6 Å². The van der Waals surface area contributed by atoms with Gasteiger partial charge in [0, 0.05) is 18.2 Å². The van der Waals surface area contributed by atoms with E-state index in [4.69, 9.17) is 0 Å². The number of aromatic nitrogens is 2. The van der Waals surface area contributed by atoms with Crippen molar-refractivity contribution >= 4 is 5.91 Å². The standard InChI is InChI=1S/C17H21N3O/c1-11-3-4-13(9-12(11)2)7-8-18-17(21)16-10-15(19-20-16)14-5-6-14/h3-4,9-10,14H,5-8H2,1-2H3,(H,18,21)(H,19,20). The highest BCUT2D eigenvalue weighted by Gasteiger charge is 2.26. The summed E-state index contributed by atoms with van der Waals surface area (Å²) in [6.07, 6.45) is 3.25. The van der Waals surface area contributed by atoms with Crippen LogP contribution in [0.25, 0.3) is 0 Å². The molecule has 4 nitrogen and oxygen atoms in total. The first kappa shape index (κ1) is 13.9. The predicted octanol–water partition coefficient (Wildman–Crippen LogP) is 2.88. The van der Waals surface area contributed by atoms with E-state index in [1.165, 1.54) is 29.5 Å². The number of H-pyrrole nitrogens is 1. The molecule has 0 unspecified atom stereocenters. The second-order valence-corrected chi connectivity index (χ2v) is 5.91. The Morgan fingerprint density at radius 1 is 1.29 bits per heavy atom. The van der Waals surface area contributed by atoms with E-state index in [-0.39, 0.29) is 5.91 Å². The molecule has 0 radical (unpaired) electrons. The van der Waals surface area contributed by atoms with E-state index in [0.29, 0.717) is 18.2 Å². The van der Waals surface area contributed by atoms with Crippen LogP contribution >= 0.6 is 0 Å². The van der Waals surface area contributed by atoms with Gasteiger partial charge in [0.15, 0.2) is 0 Å². The number of hydrogen-bond donors (Lipinski definition) is 2. The van der Waals surface area contributed by atoms with Gasteiger partial charge in [-0.3, -0.25) is 9.89 Å². The van der Waals surface area contributed by atoms with Gasteiger partial charge in [0.1, 0.15) is 5.69 Å². The van der Waals surface area contributed by atoms with E-state index in [0.717, 1.165) is 12.1 Å². The van der Waals surface area contributed by atoms with Gasteiger partial charge in [0.05, 0.1) is 0 Å². The van der Waals surface area contributed by atoms with Gasteiger partial charge < -0.3 is 5.32 Å². The molecular weight excluding hydrogens is 262 g/mol. The molecular formula is C17H21N3O. The van der Waals surface area contributed by atoms with Crippen LogP contribution in [0.15, 0.2) is 24.3 Å². The largest absolute Gasteiger partial charge is 0.350 e. The molecule has 1 heterocycles. The average Bonchev–Trinajstić information content (AvgIpc) is 3.20. The van der Waals surface area contributed by atoms with Gasteiger partial charge in [-0.15, -0.1) is 0 Å². The number of carbonyl (C=O) groups is 1. The first-order chi connectivity index (χ1) is 10.1. The third-order valence-electron chi connectivity index (χ3n) is 4.12. The van der Waals surface area contributed by atoms with Crippen molar-refractivity contribution in [2.45, 2.75) is 39.0 Å². The molecule has 2 aromatic rings. The van der Waals surface area contributed by atoms with E-state index >= 15 is 0 Å². The van der Waals surface area contributed by atoms with E-state index in [1.807, 2.05) is 6.07 Å². The minimum absolute atomic E-state index is 0.0954. The van der Waals surface area contributed by atoms with Crippen LogP contribution in [0.5, 0.6) is 0 Å². The van der Waals surface area contributed by atoms with Gasteiger partial charge in [0.25, 0.3) is 5.91 Å². The van der Waals surface area contributed by atoms with Gasteiger partial charge in [-0.2, -0.15) is 5.10 Å². The zero-order chi connectivity index (χ0) is 14.8. The third kappa shape index (κ3) is 3.32. The van der Waals surface area contributed by atoms with E-state index in [1.54, 1.807) is 0 Å². The maximum atomic E-state index is 12.0. The molecule has 1 aromatic heterocycles. The Bertz CT molecular complexity index is 656. The van der Waals surface area contributed by atoms with Crippen molar-refractivity contribution in [2.75, 3.05) is 6.54 Å². The fraction of sp³-hybridized carbons (Fsp3) is 0.412. The molecule has 0 bridgehead atoms. The lowest BCUT2D eigenvalue weighted by molar-refractivity contribution is 0.0949. The Morgan fingerprint density at radius 3 is 2.81 bits per heavy atom. The molecule has 0 spiro atoms.